The van der Waals surface area contributed by atoms with Gasteiger partial charge in [0.15, 0.2) is 6.10 Å². The molecule has 0 aliphatic carbocycles. The van der Waals surface area contributed by atoms with Crippen LogP contribution in [0.25, 0.3) is 0 Å². The monoisotopic (exact) mass is 301 g/mol. The Morgan fingerprint density at radius 2 is 1.86 bits per heavy atom. The number of hydrogen-bond acceptors (Lipinski definition) is 4. The van der Waals surface area contributed by atoms with Crippen LogP contribution in [0.3, 0.4) is 0 Å². The van der Waals surface area contributed by atoms with Crippen LogP contribution in [0, 0.1) is 13.8 Å². The third-order valence-electron chi connectivity index (χ3n) is 3.43. The van der Waals surface area contributed by atoms with Gasteiger partial charge in [-0.25, -0.2) is 4.79 Å². The molecule has 0 aliphatic rings. The number of benzene rings is 1. The molecule has 0 bridgehead atoms. The van der Waals surface area contributed by atoms with Crippen LogP contribution in [-0.2, 0) is 16.6 Å². The molecule has 2 rings (SSSR count). The van der Waals surface area contributed by atoms with Gasteiger partial charge in [-0.05, 0) is 32.9 Å². The molecule has 1 N–H and O–H groups in total. The molecular formula is C16H19N3O3. The topological polar surface area (TPSA) is 73.2 Å². The van der Waals surface area contributed by atoms with Crippen molar-refractivity contribution in [3.05, 3.63) is 47.3 Å². The Morgan fingerprint density at radius 1 is 1.23 bits per heavy atom. The van der Waals surface area contributed by atoms with Gasteiger partial charge in [0.1, 0.15) is 5.56 Å². The molecule has 0 unspecified atom stereocenters. The highest BCUT2D eigenvalue weighted by Gasteiger charge is 2.21. The molecule has 6 heteroatoms. The van der Waals surface area contributed by atoms with E-state index in [-0.39, 0.29) is 5.91 Å². The van der Waals surface area contributed by atoms with E-state index in [4.69, 9.17) is 4.74 Å². The van der Waals surface area contributed by atoms with Gasteiger partial charge >= 0.3 is 5.97 Å². The number of carbonyl (C=O) groups excluding carboxylic acids is 2. The summed E-state index contributed by atoms with van der Waals surface area (Å²) in [5, 5.41) is 6.69. The number of ether oxygens (including phenoxy) is 1. The van der Waals surface area contributed by atoms with Gasteiger partial charge in [0.2, 0.25) is 0 Å². The molecule has 0 spiro atoms. The Morgan fingerprint density at radius 3 is 2.41 bits per heavy atom. The summed E-state index contributed by atoms with van der Waals surface area (Å²) < 4.78 is 6.76. The second kappa shape index (κ2) is 6.43. The fraction of sp³-hybridized carbons (Fsp3) is 0.312. The van der Waals surface area contributed by atoms with E-state index in [1.165, 1.54) is 13.1 Å². The van der Waals surface area contributed by atoms with Crippen LogP contribution in [0.15, 0.2) is 30.5 Å². The first-order chi connectivity index (χ1) is 10.4. The van der Waals surface area contributed by atoms with Gasteiger partial charge in [0.25, 0.3) is 5.91 Å². The van der Waals surface area contributed by atoms with Gasteiger partial charge in [-0.1, -0.05) is 17.7 Å². The average molecular weight is 301 g/mol. The van der Waals surface area contributed by atoms with Crippen LogP contribution in [0.5, 0.6) is 0 Å². The summed E-state index contributed by atoms with van der Waals surface area (Å²) in [6.45, 7) is 5.26. The number of nitrogens with one attached hydrogen (secondary N) is 1. The number of aromatic nitrogens is 2. The largest absolute Gasteiger partial charge is 0.449 e. The highest BCUT2D eigenvalue weighted by atomic mass is 16.5. The molecule has 0 fully saturated rings. The van der Waals surface area contributed by atoms with E-state index in [9.17, 15) is 9.59 Å². The minimum Gasteiger partial charge on any atom is -0.449 e. The van der Waals surface area contributed by atoms with Crippen LogP contribution < -0.4 is 5.32 Å². The lowest BCUT2D eigenvalue weighted by atomic mass is 10.2. The number of carbonyl (C=O) groups is 2. The Kier molecular flexibility index (Phi) is 4.60. The predicted octanol–water partition coefficient (Wildman–Crippen LogP) is 2.22. The SMILES string of the molecule is Cc1ccc(NC(=O)[C@@H](C)OC(=O)c2cnn(C)c2C)cc1. The number of hydrogen-bond donors (Lipinski definition) is 1. The van der Waals surface area contributed by atoms with Gasteiger partial charge in [0, 0.05) is 18.4 Å². The zero-order valence-electron chi connectivity index (χ0n) is 13.1. The summed E-state index contributed by atoms with van der Waals surface area (Å²) in [6.07, 6.45) is 0.538. The molecule has 6 nitrogen and oxygen atoms in total. The second-order valence-electron chi connectivity index (χ2n) is 5.17. The highest BCUT2D eigenvalue weighted by Crippen LogP contribution is 2.12. The molecule has 2 aromatic rings. The van der Waals surface area contributed by atoms with E-state index >= 15 is 0 Å². The van der Waals surface area contributed by atoms with Crippen molar-refractivity contribution in [3.63, 3.8) is 0 Å². The fourth-order valence-corrected chi connectivity index (χ4v) is 1.86. The summed E-state index contributed by atoms with van der Waals surface area (Å²) in [5.41, 5.74) is 2.81. The average Bonchev–Trinajstić information content (AvgIpc) is 2.81. The molecule has 1 heterocycles. The van der Waals surface area contributed by atoms with Crippen molar-refractivity contribution in [3.8, 4) is 0 Å². The van der Waals surface area contributed by atoms with Gasteiger partial charge in [-0.2, -0.15) is 5.10 Å². The maximum Gasteiger partial charge on any atom is 0.342 e. The number of anilines is 1. The van der Waals surface area contributed by atoms with E-state index in [2.05, 4.69) is 10.4 Å². The van der Waals surface area contributed by atoms with E-state index in [1.54, 1.807) is 30.8 Å². The lowest BCUT2D eigenvalue weighted by Gasteiger charge is -2.13. The molecule has 1 amide bonds. The summed E-state index contributed by atoms with van der Waals surface area (Å²) in [6, 6.07) is 7.39. The Labute approximate surface area is 129 Å². The first kappa shape index (κ1) is 15.8. The molecule has 22 heavy (non-hydrogen) atoms. The number of aryl methyl sites for hydroxylation is 2. The zero-order chi connectivity index (χ0) is 16.3. The third kappa shape index (κ3) is 3.52. The molecule has 0 aliphatic heterocycles. The summed E-state index contributed by atoms with van der Waals surface area (Å²) >= 11 is 0. The summed E-state index contributed by atoms with van der Waals surface area (Å²) in [4.78, 5) is 24.1. The smallest absolute Gasteiger partial charge is 0.342 e. The number of esters is 1. The van der Waals surface area contributed by atoms with Crippen molar-refractivity contribution in [2.75, 3.05) is 5.32 Å². The van der Waals surface area contributed by atoms with Crippen molar-refractivity contribution in [2.24, 2.45) is 7.05 Å². The van der Waals surface area contributed by atoms with Gasteiger partial charge < -0.3 is 10.1 Å². The fourth-order valence-electron chi connectivity index (χ4n) is 1.86. The van der Waals surface area contributed by atoms with Gasteiger partial charge in [-0.15, -0.1) is 0 Å². The maximum atomic E-state index is 12.0. The minimum atomic E-state index is -0.895. The van der Waals surface area contributed by atoms with Crippen molar-refractivity contribution in [2.45, 2.75) is 26.9 Å². The standard InChI is InChI=1S/C16H19N3O3/c1-10-5-7-13(8-6-10)18-15(20)12(3)22-16(21)14-9-17-19(4)11(14)2/h5-9,12H,1-4H3,(H,18,20)/t12-/m1/s1. The molecule has 1 aromatic carbocycles. The zero-order valence-corrected chi connectivity index (χ0v) is 13.1. The summed E-state index contributed by atoms with van der Waals surface area (Å²) in [7, 11) is 1.74. The van der Waals surface area contributed by atoms with Crippen LogP contribution in [0.1, 0.15) is 28.5 Å². The van der Waals surface area contributed by atoms with Crippen molar-refractivity contribution < 1.29 is 14.3 Å². The first-order valence-electron chi connectivity index (χ1n) is 6.95. The number of rotatable bonds is 4. The lowest BCUT2D eigenvalue weighted by molar-refractivity contribution is -0.123. The van der Waals surface area contributed by atoms with Crippen LogP contribution in [0.4, 0.5) is 5.69 Å². The van der Waals surface area contributed by atoms with E-state index in [1.807, 2.05) is 19.1 Å². The summed E-state index contributed by atoms with van der Waals surface area (Å²) in [5.74, 6) is -0.934. The second-order valence-corrected chi connectivity index (χ2v) is 5.17. The normalized spacial score (nSPS) is 11.8. The maximum absolute atomic E-state index is 12.0. The lowest BCUT2D eigenvalue weighted by Crippen LogP contribution is -2.30. The van der Waals surface area contributed by atoms with Gasteiger partial charge in [-0.3, -0.25) is 9.48 Å². The van der Waals surface area contributed by atoms with Crippen molar-refractivity contribution in [1.82, 2.24) is 9.78 Å². The molecule has 0 saturated carbocycles. The highest BCUT2D eigenvalue weighted by molar-refractivity contribution is 5.97. The minimum absolute atomic E-state index is 0.359. The molecule has 0 radical (unpaired) electrons. The van der Waals surface area contributed by atoms with Crippen molar-refractivity contribution in [1.29, 1.82) is 0 Å². The predicted molar refractivity (Wildman–Crippen MR) is 82.6 cm³/mol. The Hall–Kier alpha value is -2.63. The quantitative estimate of drug-likeness (QED) is 0.879. The van der Waals surface area contributed by atoms with E-state index in [0.717, 1.165) is 5.56 Å². The Balaban J connectivity index is 1.97. The third-order valence-corrected chi connectivity index (χ3v) is 3.43. The molecule has 1 aromatic heterocycles. The number of amides is 1. The molecular weight excluding hydrogens is 282 g/mol. The van der Waals surface area contributed by atoms with E-state index < -0.39 is 12.1 Å². The van der Waals surface area contributed by atoms with Crippen LogP contribution in [-0.4, -0.2) is 27.8 Å². The van der Waals surface area contributed by atoms with Gasteiger partial charge in [0.05, 0.1) is 6.20 Å². The molecule has 0 saturated heterocycles. The van der Waals surface area contributed by atoms with E-state index in [0.29, 0.717) is 16.9 Å². The molecule has 116 valence electrons. The molecule has 1 atom stereocenters. The Bertz CT molecular complexity index is 689. The first-order valence-corrected chi connectivity index (χ1v) is 6.95. The van der Waals surface area contributed by atoms with Crippen molar-refractivity contribution >= 4 is 17.6 Å². The number of nitrogens with zero attached hydrogens (tertiary/aromatic N) is 2. The van der Waals surface area contributed by atoms with Crippen LogP contribution >= 0.6 is 0 Å². The van der Waals surface area contributed by atoms with Crippen LogP contribution in [0.2, 0.25) is 0 Å².